The van der Waals surface area contributed by atoms with Gasteiger partial charge in [0.2, 0.25) is 0 Å². The summed E-state index contributed by atoms with van der Waals surface area (Å²) >= 11 is 0. The zero-order valence-corrected chi connectivity index (χ0v) is 10.8. The number of benzene rings is 2. The quantitative estimate of drug-likeness (QED) is 0.275. The molecule has 0 spiro atoms. The van der Waals surface area contributed by atoms with Crippen molar-refractivity contribution in [3.05, 3.63) is 41.5 Å². The summed E-state index contributed by atoms with van der Waals surface area (Å²) in [5.41, 5.74) is 0.971. The van der Waals surface area contributed by atoms with Crippen LogP contribution in [0.2, 0.25) is 0 Å². The van der Waals surface area contributed by atoms with Gasteiger partial charge in [-0.2, -0.15) is 0 Å². The van der Waals surface area contributed by atoms with Crippen molar-refractivity contribution in [1.82, 2.24) is 0 Å². The molecule has 0 fully saturated rings. The predicted molar refractivity (Wildman–Crippen MR) is 78.3 cm³/mol. The van der Waals surface area contributed by atoms with E-state index in [2.05, 4.69) is 0 Å². The average molecular weight is 288 g/mol. The van der Waals surface area contributed by atoms with Crippen LogP contribution < -0.4 is 5.46 Å². The van der Waals surface area contributed by atoms with Crippen molar-refractivity contribution in [3.8, 4) is 23.0 Å². The van der Waals surface area contributed by atoms with Gasteiger partial charge in [-0.3, -0.25) is 0 Å². The maximum Gasteiger partial charge on any atom is 0.492 e. The van der Waals surface area contributed by atoms with Crippen LogP contribution in [0.15, 0.2) is 30.3 Å². The van der Waals surface area contributed by atoms with Crippen LogP contribution in [-0.2, 0) is 0 Å². The summed E-state index contributed by atoms with van der Waals surface area (Å²) < 4.78 is 0. The maximum absolute atomic E-state index is 9.46. The lowest BCUT2D eigenvalue weighted by atomic mass is 9.79. The minimum absolute atomic E-state index is 0.0337. The van der Waals surface area contributed by atoms with Gasteiger partial charge in [-0.25, -0.2) is 0 Å². The Bertz CT molecular complexity index is 673. The van der Waals surface area contributed by atoms with Gasteiger partial charge in [0.25, 0.3) is 0 Å². The Morgan fingerprint density at radius 2 is 1.29 bits per heavy atom. The molecule has 21 heavy (non-hydrogen) atoms. The van der Waals surface area contributed by atoms with Crippen molar-refractivity contribution < 1.29 is 30.5 Å². The molecule has 0 aliphatic carbocycles. The highest BCUT2D eigenvalue weighted by Crippen LogP contribution is 2.35. The van der Waals surface area contributed by atoms with Crippen molar-refractivity contribution in [2.24, 2.45) is 0 Å². The lowest BCUT2D eigenvalue weighted by Gasteiger charge is -2.05. The lowest BCUT2D eigenvalue weighted by molar-refractivity contribution is 0.368. The molecule has 0 unspecified atom stereocenters. The molecule has 6 nitrogen and oxygen atoms in total. The Morgan fingerprint density at radius 1 is 0.714 bits per heavy atom. The molecule has 0 bridgehead atoms. The number of phenols is 4. The highest BCUT2D eigenvalue weighted by molar-refractivity contribution is 6.59. The summed E-state index contributed by atoms with van der Waals surface area (Å²) in [4.78, 5) is 0. The first-order chi connectivity index (χ1) is 9.88. The van der Waals surface area contributed by atoms with E-state index >= 15 is 0 Å². The highest BCUT2D eigenvalue weighted by atomic mass is 16.4. The number of phenolic OH excluding ortho intramolecular Hbond substituents is 4. The molecule has 2 rings (SSSR count). The first-order valence-electron chi connectivity index (χ1n) is 6.00. The second-order valence-corrected chi connectivity index (χ2v) is 4.43. The van der Waals surface area contributed by atoms with Crippen LogP contribution in [0.4, 0.5) is 0 Å². The van der Waals surface area contributed by atoms with E-state index in [-0.39, 0.29) is 11.2 Å². The minimum Gasteiger partial charge on any atom is -0.508 e. The second-order valence-electron chi connectivity index (χ2n) is 4.43. The molecule has 0 radical (unpaired) electrons. The summed E-state index contributed by atoms with van der Waals surface area (Å²) in [6.45, 7) is 0. The van der Waals surface area contributed by atoms with Gasteiger partial charge >= 0.3 is 7.12 Å². The van der Waals surface area contributed by atoms with Crippen LogP contribution >= 0.6 is 0 Å². The topological polar surface area (TPSA) is 121 Å². The molecule has 7 heteroatoms. The molecule has 0 atom stereocenters. The molecule has 2 aromatic carbocycles. The fourth-order valence-electron chi connectivity index (χ4n) is 1.80. The number of rotatable bonds is 3. The molecule has 0 aromatic heterocycles. The highest BCUT2D eigenvalue weighted by Gasteiger charge is 2.15. The third-order valence-corrected chi connectivity index (χ3v) is 2.89. The zero-order chi connectivity index (χ0) is 15.6. The molecule has 0 amide bonds. The summed E-state index contributed by atoms with van der Waals surface area (Å²) in [5.74, 6) is -1.73. The van der Waals surface area contributed by atoms with E-state index < -0.39 is 24.4 Å². The van der Waals surface area contributed by atoms with Gasteiger partial charge in [-0.1, -0.05) is 24.3 Å². The van der Waals surface area contributed by atoms with Crippen molar-refractivity contribution in [3.63, 3.8) is 0 Å². The molecule has 0 aliphatic rings. The fraction of sp³-hybridized carbons (Fsp3) is 0. The zero-order valence-electron chi connectivity index (χ0n) is 10.8. The van der Waals surface area contributed by atoms with E-state index in [9.17, 15) is 20.4 Å². The Labute approximate surface area is 120 Å². The Morgan fingerprint density at radius 3 is 1.86 bits per heavy atom. The summed E-state index contributed by atoms with van der Waals surface area (Å²) in [5, 5.41) is 55.7. The molecular formula is C14H13BO6. The molecule has 0 saturated heterocycles. The smallest absolute Gasteiger partial charge is 0.492 e. The largest absolute Gasteiger partial charge is 0.508 e. The van der Waals surface area contributed by atoms with E-state index in [1.54, 1.807) is 18.2 Å². The van der Waals surface area contributed by atoms with Gasteiger partial charge in [-0.05, 0) is 29.3 Å². The Hall–Kier alpha value is -2.64. The Balaban J connectivity index is 2.31. The molecule has 6 N–H and O–H groups in total. The minimum atomic E-state index is -1.79. The second kappa shape index (κ2) is 5.78. The lowest BCUT2D eigenvalue weighted by Crippen LogP contribution is -2.30. The average Bonchev–Trinajstić information content (AvgIpc) is 2.43. The SMILES string of the molecule is OB(O)c1cc(/C=C/c2cc(O)c(O)c(O)c2)ccc1O. The number of aromatic hydroxyl groups is 4. The van der Waals surface area contributed by atoms with Crippen molar-refractivity contribution >= 4 is 24.7 Å². The van der Waals surface area contributed by atoms with Crippen molar-refractivity contribution in [2.75, 3.05) is 0 Å². The molecule has 2 aromatic rings. The van der Waals surface area contributed by atoms with E-state index in [0.717, 1.165) is 0 Å². The fourth-order valence-corrected chi connectivity index (χ4v) is 1.80. The van der Waals surface area contributed by atoms with E-state index in [1.807, 2.05) is 0 Å². The van der Waals surface area contributed by atoms with E-state index in [0.29, 0.717) is 11.1 Å². The molecule has 108 valence electrons. The van der Waals surface area contributed by atoms with E-state index in [1.165, 1.54) is 24.3 Å². The summed E-state index contributed by atoms with van der Waals surface area (Å²) in [6, 6.07) is 6.77. The van der Waals surface area contributed by atoms with Crippen LogP contribution in [0.25, 0.3) is 12.2 Å². The van der Waals surface area contributed by atoms with Crippen LogP contribution in [0.5, 0.6) is 23.0 Å². The first kappa shape index (κ1) is 14.8. The predicted octanol–water partition coefficient (Wildman–Crippen LogP) is 0.359. The Kier molecular flexibility index (Phi) is 4.06. The standard InChI is InChI=1S/C14H13BO6/c16-11-4-3-8(5-10(11)15(20)21)1-2-9-6-12(17)14(19)13(18)7-9/h1-7,16-21H/b2-1+. The van der Waals surface area contributed by atoms with Gasteiger partial charge in [0.15, 0.2) is 17.2 Å². The van der Waals surface area contributed by atoms with Gasteiger partial charge in [0, 0.05) is 5.46 Å². The summed E-state index contributed by atoms with van der Waals surface area (Å²) in [7, 11) is -1.79. The third-order valence-electron chi connectivity index (χ3n) is 2.89. The molecule has 0 aliphatic heterocycles. The van der Waals surface area contributed by atoms with Crippen LogP contribution in [0.1, 0.15) is 11.1 Å². The summed E-state index contributed by atoms with van der Waals surface area (Å²) in [6.07, 6.45) is 3.12. The van der Waals surface area contributed by atoms with Gasteiger partial charge in [0.1, 0.15) is 5.75 Å². The van der Waals surface area contributed by atoms with Gasteiger partial charge < -0.3 is 30.5 Å². The molecule has 0 saturated carbocycles. The number of hydrogen-bond donors (Lipinski definition) is 6. The van der Waals surface area contributed by atoms with Gasteiger partial charge in [0.05, 0.1) is 0 Å². The monoisotopic (exact) mass is 288 g/mol. The molecular weight excluding hydrogens is 275 g/mol. The first-order valence-corrected chi connectivity index (χ1v) is 6.00. The van der Waals surface area contributed by atoms with Crippen LogP contribution in [0, 0.1) is 0 Å². The van der Waals surface area contributed by atoms with Crippen molar-refractivity contribution in [2.45, 2.75) is 0 Å². The maximum atomic E-state index is 9.46. The van der Waals surface area contributed by atoms with Crippen LogP contribution in [0.3, 0.4) is 0 Å². The normalized spacial score (nSPS) is 11.0. The van der Waals surface area contributed by atoms with Crippen molar-refractivity contribution in [1.29, 1.82) is 0 Å². The van der Waals surface area contributed by atoms with E-state index in [4.69, 9.17) is 10.0 Å². The van der Waals surface area contributed by atoms with Crippen LogP contribution in [-0.4, -0.2) is 37.6 Å². The number of hydrogen-bond acceptors (Lipinski definition) is 6. The third kappa shape index (κ3) is 3.28. The molecule has 0 heterocycles. The van der Waals surface area contributed by atoms with Gasteiger partial charge in [-0.15, -0.1) is 0 Å².